The first-order valence-electron chi connectivity index (χ1n) is 13.7. The Kier molecular flexibility index (Phi) is 7.39. The van der Waals surface area contributed by atoms with Crippen LogP contribution < -0.4 is 9.80 Å². The summed E-state index contributed by atoms with van der Waals surface area (Å²) in [5.74, 6) is -0.00241. The predicted octanol–water partition coefficient (Wildman–Crippen LogP) is 5.57. The van der Waals surface area contributed by atoms with Gasteiger partial charge in [0, 0.05) is 60.9 Å². The second-order valence-corrected chi connectivity index (χ2v) is 12.8. The van der Waals surface area contributed by atoms with Gasteiger partial charge < -0.3 is 14.7 Å². The fraction of sp³-hybridized carbons (Fsp3) is 0.552. The van der Waals surface area contributed by atoms with Gasteiger partial charge in [0.1, 0.15) is 6.54 Å². The number of halogens is 3. The summed E-state index contributed by atoms with van der Waals surface area (Å²) in [4.78, 5) is 24.1. The SMILES string of the molecule is Cc1cc(C)n(CC(=O)N2CCN(c3ccc(C(F)(F)F)c4c3CN(c3nc(C(C)(C)C)cs3)CC4)CC2C)n1. The van der Waals surface area contributed by atoms with Gasteiger partial charge in [0.25, 0.3) is 0 Å². The van der Waals surface area contributed by atoms with Crippen LogP contribution in [-0.4, -0.2) is 57.8 Å². The van der Waals surface area contributed by atoms with Crippen molar-refractivity contribution in [2.75, 3.05) is 36.0 Å². The van der Waals surface area contributed by atoms with Crippen molar-refractivity contribution < 1.29 is 18.0 Å². The third-order valence-corrected chi connectivity index (χ3v) is 8.80. The fourth-order valence-corrected chi connectivity index (χ4v) is 6.82. The van der Waals surface area contributed by atoms with E-state index >= 15 is 0 Å². The summed E-state index contributed by atoms with van der Waals surface area (Å²) >= 11 is 1.54. The molecular weight excluding hydrogens is 537 g/mol. The Labute approximate surface area is 237 Å². The molecule has 0 saturated carbocycles. The normalized spacial score (nSPS) is 18.3. The Balaban J connectivity index is 1.39. The largest absolute Gasteiger partial charge is 0.416 e. The average Bonchev–Trinajstić information content (AvgIpc) is 3.49. The molecular formula is C29H37F3N6OS. The van der Waals surface area contributed by atoms with E-state index in [-0.39, 0.29) is 23.9 Å². The molecule has 0 N–H and O–H groups in total. The molecule has 0 radical (unpaired) electrons. The number of nitrogens with zero attached hydrogens (tertiary/aromatic N) is 6. The molecule has 2 aliphatic heterocycles. The van der Waals surface area contributed by atoms with Crippen LogP contribution in [0.5, 0.6) is 0 Å². The summed E-state index contributed by atoms with van der Waals surface area (Å²) in [6.07, 6.45) is -4.11. The van der Waals surface area contributed by atoms with Crippen LogP contribution in [0.4, 0.5) is 24.0 Å². The van der Waals surface area contributed by atoms with Gasteiger partial charge in [-0.2, -0.15) is 18.3 Å². The molecule has 11 heteroatoms. The summed E-state index contributed by atoms with van der Waals surface area (Å²) in [6.45, 7) is 14.8. The van der Waals surface area contributed by atoms with Crippen molar-refractivity contribution in [3.05, 3.63) is 57.4 Å². The molecule has 1 saturated heterocycles. The van der Waals surface area contributed by atoms with Crippen molar-refractivity contribution in [1.29, 1.82) is 0 Å². The Hall–Kier alpha value is -3.08. The van der Waals surface area contributed by atoms with Crippen molar-refractivity contribution >= 4 is 28.1 Å². The van der Waals surface area contributed by atoms with Gasteiger partial charge in [0.15, 0.2) is 5.13 Å². The van der Waals surface area contributed by atoms with Crippen LogP contribution in [0.15, 0.2) is 23.6 Å². The molecule has 1 atom stereocenters. The number of thiazole rings is 1. The zero-order chi connectivity index (χ0) is 29.0. The number of fused-ring (bicyclic) bond motifs is 1. The number of aromatic nitrogens is 3. The van der Waals surface area contributed by atoms with Crippen molar-refractivity contribution in [3.63, 3.8) is 0 Å². The van der Waals surface area contributed by atoms with Gasteiger partial charge in [0.05, 0.1) is 17.0 Å². The van der Waals surface area contributed by atoms with Crippen LogP contribution in [0.3, 0.4) is 0 Å². The van der Waals surface area contributed by atoms with E-state index in [2.05, 4.69) is 35.7 Å². The topological polar surface area (TPSA) is 57.5 Å². The van der Waals surface area contributed by atoms with Gasteiger partial charge >= 0.3 is 6.18 Å². The maximum atomic E-state index is 14.0. The van der Waals surface area contributed by atoms with E-state index in [0.29, 0.717) is 50.3 Å². The number of aryl methyl sites for hydroxylation is 2. The van der Waals surface area contributed by atoms with E-state index in [1.54, 1.807) is 22.1 Å². The molecule has 1 fully saturated rings. The second kappa shape index (κ2) is 10.4. The smallest absolute Gasteiger partial charge is 0.367 e. The zero-order valence-electron chi connectivity index (χ0n) is 24.0. The number of piperazine rings is 1. The maximum Gasteiger partial charge on any atom is 0.416 e. The lowest BCUT2D eigenvalue weighted by Crippen LogP contribution is -2.55. The highest BCUT2D eigenvalue weighted by atomic mass is 32.1. The fourth-order valence-electron chi connectivity index (χ4n) is 5.74. The highest BCUT2D eigenvalue weighted by Crippen LogP contribution is 2.41. The molecule has 7 nitrogen and oxygen atoms in total. The van der Waals surface area contributed by atoms with Crippen LogP contribution in [-0.2, 0) is 35.9 Å². The standard InChI is InChI=1S/C29H37F3N6OS/c1-18-13-19(2)38(34-18)16-26(39)37-12-11-35(14-20(37)3)24-8-7-23(29(30,31)32)21-9-10-36(15-22(21)24)27-33-25(17-40-27)28(4,5)6/h7-8,13,17,20H,9-12,14-16H2,1-6H3. The molecule has 0 aliphatic carbocycles. The number of hydrogen-bond acceptors (Lipinski definition) is 6. The van der Waals surface area contributed by atoms with Crippen LogP contribution in [0.25, 0.3) is 0 Å². The van der Waals surface area contributed by atoms with Gasteiger partial charge in [-0.1, -0.05) is 20.8 Å². The summed E-state index contributed by atoms with van der Waals surface area (Å²) in [5.41, 5.74) is 4.05. The van der Waals surface area contributed by atoms with E-state index in [1.807, 2.05) is 37.1 Å². The Morgan fingerprint density at radius 1 is 1.07 bits per heavy atom. The third-order valence-electron chi connectivity index (χ3n) is 7.90. The number of anilines is 2. The molecule has 0 bridgehead atoms. The summed E-state index contributed by atoms with van der Waals surface area (Å²) in [5, 5.41) is 7.30. The van der Waals surface area contributed by atoms with E-state index < -0.39 is 11.7 Å². The first-order valence-corrected chi connectivity index (χ1v) is 14.6. The first-order chi connectivity index (χ1) is 18.7. The lowest BCUT2D eigenvalue weighted by atomic mass is 9.91. The number of carbonyl (C=O) groups is 1. The van der Waals surface area contributed by atoms with Gasteiger partial charge in [-0.3, -0.25) is 9.48 Å². The van der Waals surface area contributed by atoms with Crippen molar-refractivity contribution in [2.24, 2.45) is 0 Å². The van der Waals surface area contributed by atoms with Crippen molar-refractivity contribution in [3.8, 4) is 0 Å². The average molecular weight is 575 g/mol. The Bertz CT molecular complexity index is 1410. The van der Waals surface area contributed by atoms with Crippen LogP contribution >= 0.6 is 11.3 Å². The first kappa shape index (κ1) is 28.4. The van der Waals surface area contributed by atoms with Gasteiger partial charge in [-0.15, -0.1) is 11.3 Å². The van der Waals surface area contributed by atoms with Crippen LogP contribution in [0.2, 0.25) is 0 Å². The molecule has 5 rings (SSSR count). The number of rotatable bonds is 4. The lowest BCUT2D eigenvalue weighted by Gasteiger charge is -2.43. The number of amides is 1. The number of carbonyl (C=O) groups excluding carboxylic acids is 1. The number of hydrogen-bond donors (Lipinski definition) is 0. The van der Waals surface area contributed by atoms with Gasteiger partial charge in [0.2, 0.25) is 5.91 Å². The van der Waals surface area contributed by atoms with E-state index in [0.717, 1.165) is 27.9 Å². The number of benzene rings is 1. The molecule has 4 heterocycles. The molecule has 2 aromatic heterocycles. The number of alkyl halides is 3. The molecule has 3 aromatic rings. The van der Waals surface area contributed by atoms with E-state index in [4.69, 9.17) is 4.98 Å². The Morgan fingerprint density at radius 2 is 1.82 bits per heavy atom. The summed E-state index contributed by atoms with van der Waals surface area (Å²) < 4.78 is 43.8. The monoisotopic (exact) mass is 574 g/mol. The predicted molar refractivity (Wildman–Crippen MR) is 152 cm³/mol. The third kappa shape index (κ3) is 5.57. The highest BCUT2D eigenvalue weighted by Gasteiger charge is 2.38. The molecule has 216 valence electrons. The quantitative estimate of drug-likeness (QED) is 0.408. The van der Waals surface area contributed by atoms with Crippen molar-refractivity contribution in [1.82, 2.24) is 19.7 Å². The van der Waals surface area contributed by atoms with E-state index in [9.17, 15) is 18.0 Å². The minimum atomic E-state index is -4.41. The zero-order valence-corrected chi connectivity index (χ0v) is 24.8. The minimum Gasteiger partial charge on any atom is -0.367 e. The molecule has 0 spiro atoms. The second-order valence-electron chi connectivity index (χ2n) is 12.0. The molecule has 1 aromatic carbocycles. The molecule has 2 aliphatic rings. The van der Waals surface area contributed by atoms with Crippen molar-refractivity contribution in [2.45, 2.75) is 78.7 Å². The Morgan fingerprint density at radius 3 is 2.42 bits per heavy atom. The lowest BCUT2D eigenvalue weighted by molar-refractivity contribution is -0.138. The molecule has 1 unspecified atom stereocenters. The summed E-state index contributed by atoms with van der Waals surface area (Å²) in [6, 6.07) is 4.70. The highest BCUT2D eigenvalue weighted by molar-refractivity contribution is 7.13. The summed E-state index contributed by atoms with van der Waals surface area (Å²) in [7, 11) is 0. The van der Waals surface area contributed by atoms with Crippen LogP contribution in [0.1, 0.15) is 61.5 Å². The van der Waals surface area contributed by atoms with Gasteiger partial charge in [-0.05, 0) is 56.5 Å². The van der Waals surface area contributed by atoms with E-state index in [1.165, 1.54) is 6.07 Å². The molecule has 1 amide bonds. The molecule has 40 heavy (non-hydrogen) atoms. The van der Waals surface area contributed by atoms with Crippen LogP contribution in [0, 0.1) is 13.8 Å². The minimum absolute atomic E-state index is 0.00241. The maximum absolute atomic E-state index is 14.0. The van der Waals surface area contributed by atoms with Gasteiger partial charge in [-0.25, -0.2) is 4.98 Å².